The van der Waals surface area contributed by atoms with Gasteiger partial charge in [0.05, 0.1) is 10.6 Å². The summed E-state index contributed by atoms with van der Waals surface area (Å²) in [4.78, 5) is 28.6. The number of carbonyl (C=O) groups excluding carboxylic acids is 2. The van der Waals surface area contributed by atoms with Crippen LogP contribution in [0.3, 0.4) is 0 Å². The zero-order chi connectivity index (χ0) is 21.1. The van der Waals surface area contributed by atoms with Gasteiger partial charge in [-0.1, -0.05) is 65.8 Å². The Morgan fingerprint density at radius 3 is 2.53 bits per heavy atom. The van der Waals surface area contributed by atoms with Crippen molar-refractivity contribution in [2.45, 2.75) is 11.4 Å². The van der Waals surface area contributed by atoms with Crippen LogP contribution in [0.5, 0.6) is 0 Å². The maximum absolute atomic E-state index is 12.8. The van der Waals surface area contributed by atoms with Crippen molar-refractivity contribution in [3.8, 4) is 0 Å². The zero-order valence-corrected chi connectivity index (χ0v) is 17.8. The zero-order valence-electron chi connectivity index (χ0n) is 16.3. The minimum atomic E-state index is -0.191. The average molecular weight is 435 g/mol. The molecule has 1 heterocycles. The number of halogens is 1. The fourth-order valence-electron chi connectivity index (χ4n) is 3.12. The topological polar surface area (TPSA) is 49.4 Å². The first-order valence-corrected chi connectivity index (χ1v) is 10.6. The molecule has 1 N–H and O–H groups in total. The Morgan fingerprint density at radius 1 is 1.07 bits per heavy atom. The van der Waals surface area contributed by atoms with Crippen molar-refractivity contribution in [1.29, 1.82) is 0 Å². The summed E-state index contributed by atoms with van der Waals surface area (Å²) in [5.74, 6) is -0.278. The Bertz CT molecular complexity index is 1130. The van der Waals surface area contributed by atoms with Crippen LogP contribution in [0.25, 0.3) is 6.08 Å². The van der Waals surface area contributed by atoms with Crippen molar-refractivity contribution in [1.82, 2.24) is 5.32 Å². The van der Waals surface area contributed by atoms with E-state index in [1.807, 2.05) is 54.6 Å². The van der Waals surface area contributed by atoms with Crippen LogP contribution in [-0.4, -0.2) is 18.9 Å². The van der Waals surface area contributed by atoms with Crippen molar-refractivity contribution in [2.75, 3.05) is 11.9 Å². The molecule has 3 aromatic rings. The molecule has 3 aromatic carbocycles. The van der Waals surface area contributed by atoms with Crippen molar-refractivity contribution < 1.29 is 9.59 Å². The highest BCUT2D eigenvalue weighted by Gasteiger charge is 2.27. The Balaban J connectivity index is 1.52. The van der Waals surface area contributed by atoms with Gasteiger partial charge in [-0.25, -0.2) is 0 Å². The summed E-state index contributed by atoms with van der Waals surface area (Å²) < 4.78 is 0. The van der Waals surface area contributed by atoms with Gasteiger partial charge in [0.2, 0.25) is 0 Å². The molecule has 30 heavy (non-hydrogen) atoms. The quantitative estimate of drug-likeness (QED) is 0.561. The van der Waals surface area contributed by atoms with Crippen molar-refractivity contribution in [2.24, 2.45) is 0 Å². The van der Waals surface area contributed by atoms with E-state index in [2.05, 4.69) is 5.32 Å². The molecule has 0 saturated carbocycles. The summed E-state index contributed by atoms with van der Waals surface area (Å²) >= 11 is 7.31. The molecule has 0 radical (unpaired) electrons. The van der Waals surface area contributed by atoms with E-state index in [9.17, 15) is 9.59 Å². The van der Waals surface area contributed by atoms with Gasteiger partial charge in [0.25, 0.3) is 11.8 Å². The van der Waals surface area contributed by atoms with Crippen LogP contribution < -0.4 is 10.2 Å². The summed E-state index contributed by atoms with van der Waals surface area (Å²) in [5, 5.41) is 3.56. The number of fused-ring (bicyclic) bond motifs is 1. The number of anilines is 1. The lowest BCUT2D eigenvalue weighted by Crippen LogP contribution is -2.31. The van der Waals surface area contributed by atoms with Gasteiger partial charge in [-0.3, -0.25) is 9.59 Å². The lowest BCUT2D eigenvalue weighted by molar-refractivity contribution is -0.114. The molecule has 0 saturated heterocycles. The molecule has 0 bridgehead atoms. The fraction of sp³-hybridized carbons (Fsp3) is 0.0833. The van der Waals surface area contributed by atoms with Gasteiger partial charge in [-0.2, -0.15) is 0 Å². The van der Waals surface area contributed by atoms with E-state index in [0.29, 0.717) is 22.0 Å². The van der Waals surface area contributed by atoms with E-state index in [-0.39, 0.29) is 11.8 Å². The molecule has 4 nitrogen and oxygen atoms in total. The number of rotatable bonds is 4. The van der Waals surface area contributed by atoms with E-state index < -0.39 is 0 Å². The van der Waals surface area contributed by atoms with Crippen LogP contribution in [0.1, 0.15) is 21.5 Å². The monoisotopic (exact) mass is 434 g/mol. The van der Waals surface area contributed by atoms with Gasteiger partial charge in [0, 0.05) is 29.1 Å². The molecule has 0 aliphatic carbocycles. The SMILES string of the molecule is CN1C(=O)C(=Cc2ccccc2)Sc2ccc(C(=O)NCc3ccc(Cl)cc3)cc21. The minimum Gasteiger partial charge on any atom is -0.348 e. The number of benzene rings is 3. The van der Waals surface area contributed by atoms with Gasteiger partial charge in [-0.05, 0) is 47.5 Å². The predicted octanol–water partition coefficient (Wildman–Crippen LogP) is 5.38. The van der Waals surface area contributed by atoms with Crippen LogP contribution in [0.4, 0.5) is 5.69 Å². The summed E-state index contributed by atoms with van der Waals surface area (Å²) in [6, 6.07) is 22.5. The molecular formula is C24H19ClN2O2S. The van der Waals surface area contributed by atoms with Crippen LogP contribution in [0.2, 0.25) is 5.02 Å². The lowest BCUT2D eigenvalue weighted by Gasteiger charge is -2.27. The molecule has 1 aliphatic heterocycles. The summed E-state index contributed by atoms with van der Waals surface area (Å²) in [7, 11) is 1.73. The Hall–Kier alpha value is -3.02. The highest BCUT2D eigenvalue weighted by Crippen LogP contribution is 2.41. The highest BCUT2D eigenvalue weighted by molar-refractivity contribution is 8.04. The van der Waals surface area contributed by atoms with E-state index >= 15 is 0 Å². The summed E-state index contributed by atoms with van der Waals surface area (Å²) in [6.07, 6.45) is 1.89. The molecule has 0 aromatic heterocycles. The van der Waals surface area contributed by atoms with Crippen molar-refractivity contribution >= 4 is 46.9 Å². The second-order valence-corrected chi connectivity index (χ2v) is 8.40. The first-order chi connectivity index (χ1) is 14.5. The van der Waals surface area contributed by atoms with Gasteiger partial charge < -0.3 is 10.2 Å². The molecule has 4 rings (SSSR count). The third-order valence-electron chi connectivity index (χ3n) is 4.78. The number of nitrogens with zero attached hydrogens (tertiary/aromatic N) is 1. The van der Waals surface area contributed by atoms with Gasteiger partial charge >= 0.3 is 0 Å². The van der Waals surface area contributed by atoms with Crippen LogP contribution in [0, 0.1) is 0 Å². The molecule has 0 fully saturated rings. The number of hydrogen-bond donors (Lipinski definition) is 1. The van der Waals surface area contributed by atoms with E-state index in [1.165, 1.54) is 11.8 Å². The Morgan fingerprint density at radius 2 is 1.80 bits per heavy atom. The molecule has 0 spiro atoms. The first kappa shape index (κ1) is 20.3. The lowest BCUT2D eigenvalue weighted by atomic mass is 10.1. The third kappa shape index (κ3) is 4.42. The number of thioether (sulfide) groups is 1. The Kier molecular flexibility index (Phi) is 5.93. The van der Waals surface area contributed by atoms with Gasteiger partial charge in [-0.15, -0.1) is 0 Å². The maximum atomic E-state index is 12.8. The van der Waals surface area contributed by atoms with Crippen LogP contribution in [-0.2, 0) is 11.3 Å². The summed E-state index contributed by atoms with van der Waals surface area (Å²) in [5.41, 5.74) is 3.18. The smallest absolute Gasteiger partial charge is 0.264 e. The molecule has 6 heteroatoms. The second-order valence-electron chi connectivity index (χ2n) is 6.88. The molecular weight excluding hydrogens is 416 g/mol. The number of amides is 2. The number of nitrogens with one attached hydrogen (secondary N) is 1. The Labute approximate surface area is 184 Å². The predicted molar refractivity (Wildman–Crippen MR) is 123 cm³/mol. The van der Waals surface area contributed by atoms with E-state index in [0.717, 1.165) is 21.7 Å². The van der Waals surface area contributed by atoms with Crippen LogP contribution >= 0.6 is 23.4 Å². The van der Waals surface area contributed by atoms with Crippen molar-refractivity contribution in [3.63, 3.8) is 0 Å². The number of likely N-dealkylation sites (N-methyl/N-ethyl adjacent to an activating group) is 1. The molecule has 0 atom stereocenters. The van der Waals surface area contributed by atoms with Crippen molar-refractivity contribution in [3.05, 3.63) is 99.4 Å². The number of carbonyl (C=O) groups is 2. The first-order valence-electron chi connectivity index (χ1n) is 9.40. The van der Waals surface area contributed by atoms with Gasteiger partial charge in [0.15, 0.2) is 0 Å². The molecule has 0 unspecified atom stereocenters. The normalized spacial score (nSPS) is 14.5. The molecule has 150 valence electrons. The highest BCUT2D eigenvalue weighted by atomic mass is 35.5. The summed E-state index contributed by atoms with van der Waals surface area (Å²) in [6.45, 7) is 0.403. The maximum Gasteiger partial charge on any atom is 0.264 e. The standard InChI is InChI=1S/C24H19ClN2O2S/c1-27-20-14-18(23(28)26-15-17-7-10-19(25)11-8-17)9-12-21(20)30-22(24(27)29)13-16-5-3-2-4-6-16/h2-14H,15H2,1H3,(H,26,28). The molecule has 1 aliphatic rings. The largest absolute Gasteiger partial charge is 0.348 e. The van der Waals surface area contributed by atoms with E-state index in [4.69, 9.17) is 11.6 Å². The van der Waals surface area contributed by atoms with Crippen LogP contribution in [0.15, 0.2) is 82.6 Å². The fourth-order valence-corrected chi connectivity index (χ4v) is 4.34. The average Bonchev–Trinajstić information content (AvgIpc) is 2.77. The van der Waals surface area contributed by atoms with Gasteiger partial charge in [0.1, 0.15) is 0 Å². The van der Waals surface area contributed by atoms with E-state index in [1.54, 1.807) is 36.2 Å². The third-order valence-corrected chi connectivity index (χ3v) is 6.11. The second kappa shape index (κ2) is 8.78. The minimum absolute atomic E-state index is 0.0879. The number of hydrogen-bond acceptors (Lipinski definition) is 3. The molecule has 2 amide bonds.